The monoisotopic (exact) mass is 445 g/mol. The van der Waals surface area contributed by atoms with E-state index in [4.69, 9.17) is 21.1 Å². The fourth-order valence-corrected chi connectivity index (χ4v) is 4.40. The molecule has 0 saturated carbocycles. The summed E-state index contributed by atoms with van der Waals surface area (Å²) in [6.45, 7) is 7.42. The van der Waals surface area contributed by atoms with Crippen LogP contribution < -0.4 is 5.32 Å². The zero-order chi connectivity index (χ0) is 22.9. The number of ether oxygens (including phenoxy) is 2. The third kappa shape index (κ3) is 4.40. The number of carbonyl (C=O) groups is 3. The van der Waals surface area contributed by atoms with E-state index in [1.54, 1.807) is 31.2 Å². The number of rotatable bonds is 5. The summed E-state index contributed by atoms with van der Waals surface area (Å²) in [7, 11) is 1.28. The maximum absolute atomic E-state index is 13.6. The molecule has 0 fully saturated rings. The normalized spacial score (nSPS) is 24.3. The Kier molecular flexibility index (Phi) is 6.90. The number of carbonyl (C=O) groups excluding carboxylic acids is 3. The van der Waals surface area contributed by atoms with Gasteiger partial charge in [-0.05, 0) is 50.3 Å². The lowest BCUT2D eigenvalue weighted by Gasteiger charge is -2.38. The number of dihydropyridines is 1. The lowest BCUT2D eigenvalue weighted by molar-refractivity contribution is -0.151. The van der Waals surface area contributed by atoms with Crippen LogP contribution in [-0.4, -0.2) is 30.9 Å². The molecule has 1 aliphatic carbocycles. The van der Waals surface area contributed by atoms with Crippen molar-refractivity contribution in [1.29, 1.82) is 0 Å². The summed E-state index contributed by atoms with van der Waals surface area (Å²) in [5.74, 6) is -3.16. The topological polar surface area (TPSA) is 81.7 Å². The zero-order valence-electron chi connectivity index (χ0n) is 18.5. The summed E-state index contributed by atoms with van der Waals surface area (Å²) in [4.78, 5) is 39.2. The lowest BCUT2D eigenvalue weighted by atomic mass is 9.69. The highest BCUT2D eigenvalue weighted by molar-refractivity contribution is 6.30. The first-order valence-electron chi connectivity index (χ1n) is 10.5. The molecule has 2 aliphatic rings. The van der Waals surface area contributed by atoms with Crippen LogP contribution in [0.2, 0.25) is 5.02 Å². The predicted octanol–water partition coefficient (Wildman–Crippen LogP) is 4.29. The summed E-state index contributed by atoms with van der Waals surface area (Å²) in [5.41, 5.74) is 2.89. The Hall–Kier alpha value is -2.60. The van der Waals surface area contributed by atoms with E-state index in [0.717, 1.165) is 11.3 Å². The van der Waals surface area contributed by atoms with Gasteiger partial charge in [0, 0.05) is 27.9 Å². The Morgan fingerprint density at radius 2 is 1.90 bits per heavy atom. The van der Waals surface area contributed by atoms with Crippen LogP contribution >= 0.6 is 11.6 Å². The Morgan fingerprint density at radius 1 is 1.26 bits per heavy atom. The van der Waals surface area contributed by atoms with Crippen molar-refractivity contribution in [1.82, 2.24) is 5.32 Å². The van der Waals surface area contributed by atoms with E-state index >= 15 is 0 Å². The Labute approximate surface area is 187 Å². The highest BCUT2D eigenvalue weighted by atomic mass is 35.5. The summed E-state index contributed by atoms with van der Waals surface area (Å²) in [6, 6.07) is 7.04. The van der Waals surface area contributed by atoms with Crippen LogP contribution in [0.5, 0.6) is 0 Å². The van der Waals surface area contributed by atoms with Crippen LogP contribution in [0, 0.1) is 11.8 Å². The Morgan fingerprint density at radius 3 is 2.48 bits per heavy atom. The second-order valence-electron chi connectivity index (χ2n) is 8.21. The molecule has 0 spiro atoms. The molecule has 1 aromatic rings. The minimum atomic E-state index is -0.911. The van der Waals surface area contributed by atoms with E-state index < -0.39 is 23.8 Å². The van der Waals surface area contributed by atoms with E-state index in [2.05, 4.69) is 5.32 Å². The third-order valence-corrected chi connectivity index (χ3v) is 6.30. The number of Topliss-reactive ketones (excluding diaryl/α,β-unsaturated/α-hetero) is 1. The molecule has 1 aliphatic heterocycles. The van der Waals surface area contributed by atoms with E-state index in [-0.39, 0.29) is 17.8 Å². The molecule has 0 amide bonds. The Balaban J connectivity index is 2.15. The van der Waals surface area contributed by atoms with Gasteiger partial charge in [-0.3, -0.25) is 9.59 Å². The highest BCUT2D eigenvalue weighted by Gasteiger charge is 2.47. The summed E-state index contributed by atoms with van der Waals surface area (Å²) in [6.07, 6.45) is 0.904. The summed E-state index contributed by atoms with van der Waals surface area (Å²) < 4.78 is 10.5. The van der Waals surface area contributed by atoms with Gasteiger partial charge in [-0.15, -0.1) is 0 Å². The summed E-state index contributed by atoms with van der Waals surface area (Å²) >= 11 is 6.08. The number of methoxy groups -OCH3 is 1. The van der Waals surface area contributed by atoms with E-state index in [1.807, 2.05) is 20.8 Å². The lowest BCUT2D eigenvalue weighted by Crippen LogP contribution is -2.43. The fourth-order valence-electron chi connectivity index (χ4n) is 4.27. The molecule has 4 unspecified atom stereocenters. The molecule has 6 nitrogen and oxygen atoms in total. The molecule has 0 radical (unpaired) electrons. The van der Waals surface area contributed by atoms with Crippen LogP contribution in [0.15, 0.2) is 46.8 Å². The molecule has 166 valence electrons. The minimum Gasteiger partial charge on any atom is -0.468 e. The second kappa shape index (κ2) is 9.27. The van der Waals surface area contributed by atoms with Gasteiger partial charge in [0.2, 0.25) is 0 Å². The molecule has 3 rings (SSSR count). The van der Waals surface area contributed by atoms with E-state index in [0.29, 0.717) is 34.7 Å². The van der Waals surface area contributed by atoms with Crippen LogP contribution in [0.1, 0.15) is 52.0 Å². The van der Waals surface area contributed by atoms with Gasteiger partial charge in [0.15, 0.2) is 5.78 Å². The molecular formula is C24H28ClNO5. The van der Waals surface area contributed by atoms with Gasteiger partial charge in [0.25, 0.3) is 0 Å². The van der Waals surface area contributed by atoms with Gasteiger partial charge in [0.05, 0.1) is 18.8 Å². The van der Waals surface area contributed by atoms with Gasteiger partial charge in [-0.25, -0.2) is 4.79 Å². The van der Waals surface area contributed by atoms with Gasteiger partial charge in [-0.2, -0.15) is 0 Å². The predicted molar refractivity (Wildman–Crippen MR) is 117 cm³/mol. The number of hydrogen-bond acceptors (Lipinski definition) is 6. The first-order valence-corrected chi connectivity index (χ1v) is 10.9. The molecule has 7 heteroatoms. The quantitative estimate of drug-likeness (QED) is 0.537. The largest absolute Gasteiger partial charge is 0.468 e. The third-order valence-electron chi connectivity index (χ3n) is 6.05. The highest BCUT2D eigenvalue weighted by Crippen LogP contribution is 2.45. The van der Waals surface area contributed by atoms with E-state index in [9.17, 15) is 14.4 Å². The van der Waals surface area contributed by atoms with Crippen LogP contribution in [0.25, 0.3) is 0 Å². The van der Waals surface area contributed by atoms with Crippen molar-refractivity contribution in [2.75, 3.05) is 7.11 Å². The van der Waals surface area contributed by atoms with Gasteiger partial charge < -0.3 is 14.8 Å². The number of nitrogens with one attached hydrogen (secondary N) is 1. The standard InChI is InChI=1S/C24H28ClNO5/c1-6-13(3)31-24(29)19-14(4)26-17-11-12(2)18(23(28)30-5)22(27)21(17)20(19)15-7-9-16(25)10-8-15/h7-10,12-13,18,20,26H,6,11H2,1-5H3. The van der Waals surface area contributed by atoms with Crippen LogP contribution in [-0.2, 0) is 23.9 Å². The summed E-state index contributed by atoms with van der Waals surface area (Å²) in [5, 5.41) is 3.80. The van der Waals surface area contributed by atoms with Crippen molar-refractivity contribution in [2.45, 2.75) is 52.6 Å². The van der Waals surface area contributed by atoms with Crippen molar-refractivity contribution in [3.63, 3.8) is 0 Å². The fraction of sp³-hybridized carbons (Fsp3) is 0.458. The maximum Gasteiger partial charge on any atom is 0.337 e. The molecular weight excluding hydrogens is 418 g/mol. The van der Waals surface area contributed by atoms with Gasteiger partial charge in [-0.1, -0.05) is 37.6 Å². The number of esters is 2. The van der Waals surface area contributed by atoms with Gasteiger partial charge >= 0.3 is 11.9 Å². The zero-order valence-corrected chi connectivity index (χ0v) is 19.2. The Bertz CT molecular complexity index is 963. The molecule has 0 aromatic heterocycles. The SMILES string of the molecule is CCC(C)OC(=O)C1=C(C)NC2=C(C(=O)C(C(=O)OC)C(C)C2)C1c1ccc(Cl)cc1. The van der Waals surface area contributed by atoms with Crippen LogP contribution in [0.4, 0.5) is 0 Å². The molecule has 0 bridgehead atoms. The van der Waals surface area contributed by atoms with Crippen molar-refractivity contribution < 1.29 is 23.9 Å². The smallest absolute Gasteiger partial charge is 0.337 e. The second-order valence-corrected chi connectivity index (χ2v) is 8.65. The van der Waals surface area contributed by atoms with Crippen molar-refractivity contribution in [2.24, 2.45) is 11.8 Å². The minimum absolute atomic E-state index is 0.224. The maximum atomic E-state index is 13.6. The van der Waals surface area contributed by atoms with E-state index in [1.165, 1.54) is 7.11 Å². The average molecular weight is 446 g/mol. The van der Waals surface area contributed by atoms with Crippen molar-refractivity contribution in [3.05, 3.63) is 57.4 Å². The molecule has 4 atom stereocenters. The molecule has 0 saturated heterocycles. The number of hydrogen-bond donors (Lipinski definition) is 1. The number of allylic oxidation sites excluding steroid dienone is 3. The molecule has 1 heterocycles. The van der Waals surface area contributed by atoms with Crippen molar-refractivity contribution >= 4 is 29.3 Å². The first-order chi connectivity index (χ1) is 14.7. The average Bonchev–Trinajstić information content (AvgIpc) is 2.72. The number of halogens is 1. The molecule has 1 aromatic carbocycles. The molecule has 31 heavy (non-hydrogen) atoms. The van der Waals surface area contributed by atoms with Crippen LogP contribution in [0.3, 0.4) is 0 Å². The molecule has 1 N–H and O–H groups in total. The van der Waals surface area contributed by atoms with Crippen molar-refractivity contribution in [3.8, 4) is 0 Å². The van der Waals surface area contributed by atoms with Gasteiger partial charge in [0.1, 0.15) is 5.92 Å². The number of benzene rings is 1. The first kappa shape index (κ1) is 23.1. The number of ketones is 1.